The van der Waals surface area contributed by atoms with Gasteiger partial charge in [-0.05, 0) is 56.1 Å². The Labute approximate surface area is 110 Å². The predicted molar refractivity (Wildman–Crippen MR) is 73.6 cm³/mol. The molecule has 0 radical (unpaired) electrons. The maximum Gasteiger partial charge on any atom is 0.175 e. The first-order valence-corrected chi connectivity index (χ1v) is 8.42. The van der Waals surface area contributed by atoms with E-state index in [9.17, 15) is 8.42 Å². The molecule has 4 heteroatoms. The quantitative estimate of drug-likeness (QED) is 0.843. The Morgan fingerprint density at radius 1 is 1.17 bits per heavy atom. The number of hydrogen-bond donors (Lipinski definition) is 0. The molecule has 3 nitrogen and oxygen atoms in total. The van der Waals surface area contributed by atoms with Crippen molar-refractivity contribution in [2.45, 2.75) is 30.6 Å². The molecule has 100 valence electrons. The summed E-state index contributed by atoms with van der Waals surface area (Å²) < 4.78 is 22.8. The smallest absolute Gasteiger partial charge is 0.175 e. The Kier molecular flexibility index (Phi) is 4.07. The van der Waals surface area contributed by atoms with Gasteiger partial charge in [-0.3, -0.25) is 0 Å². The van der Waals surface area contributed by atoms with Gasteiger partial charge in [0.15, 0.2) is 9.84 Å². The molecule has 1 aliphatic rings. The molecule has 0 atom stereocenters. The van der Waals surface area contributed by atoms with Crippen molar-refractivity contribution in [2.75, 3.05) is 25.9 Å². The fourth-order valence-electron chi connectivity index (χ4n) is 2.57. The summed E-state index contributed by atoms with van der Waals surface area (Å²) in [5.41, 5.74) is 1.28. The summed E-state index contributed by atoms with van der Waals surface area (Å²) in [6, 6.07) is 7.42. The van der Waals surface area contributed by atoms with Crippen LogP contribution < -0.4 is 0 Å². The van der Waals surface area contributed by atoms with E-state index in [0.29, 0.717) is 10.8 Å². The third-order valence-electron chi connectivity index (χ3n) is 3.81. The summed E-state index contributed by atoms with van der Waals surface area (Å²) in [5, 5.41) is 0. The Balaban J connectivity index is 2.07. The van der Waals surface area contributed by atoms with Crippen LogP contribution in [-0.2, 0) is 9.84 Å². The van der Waals surface area contributed by atoms with E-state index in [1.807, 2.05) is 12.1 Å². The highest BCUT2D eigenvalue weighted by Crippen LogP contribution is 2.28. The fourth-order valence-corrected chi connectivity index (χ4v) is 3.20. The second kappa shape index (κ2) is 5.41. The van der Waals surface area contributed by atoms with E-state index in [2.05, 4.69) is 11.8 Å². The molecule has 0 aliphatic carbocycles. The summed E-state index contributed by atoms with van der Waals surface area (Å²) in [4.78, 5) is 2.87. The minimum atomic E-state index is -3.07. The average Bonchev–Trinajstić information content (AvgIpc) is 2.38. The van der Waals surface area contributed by atoms with Gasteiger partial charge in [0.2, 0.25) is 0 Å². The molecule has 0 bridgehead atoms. The SMILES string of the molecule is CCN1CCC(c2ccc(S(C)(=O)=O)cc2)CC1. The molecule has 0 spiro atoms. The third kappa shape index (κ3) is 3.12. The maximum absolute atomic E-state index is 11.4. The molecule has 2 rings (SSSR count). The molecule has 0 amide bonds. The van der Waals surface area contributed by atoms with Gasteiger partial charge in [0, 0.05) is 6.26 Å². The molecule has 1 fully saturated rings. The van der Waals surface area contributed by atoms with Crippen LogP contribution in [0.25, 0.3) is 0 Å². The number of benzene rings is 1. The van der Waals surface area contributed by atoms with Gasteiger partial charge in [0.05, 0.1) is 4.90 Å². The van der Waals surface area contributed by atoms with E-state index < -0.39 is 9.84 Å². The molecule has 0 unspecified atom stereocenters. The zero-order chi connectivity index (χ0) is 13.2. The Morgan fingerprint density at radius 3 is 2.17 bits per heavy atom. The molecule has 1 heterocycles. The van der Waals surface area contributed by atoms with E-state index >= 15 is 0 Å². The minimum absolute atomic E-state index is 0.414. The van der Waals surface area contributed by atoms with Crippen LogP contribution in [0, 0.1) is 0 Å². The first-order valence-electron chi connectivity index (χ1n) is 6.53. The highest BCUT2D eigenvalue weighted by atomic mass is 32.2. The highest BCUT2D eigenvalue weighted by Gasteiger charge is 2.19. The van der Waals surface area contributed by atoms with Crippen LogP contribution in [0.2, 0.25) is 0 Å². The summed E-state index contributed by atoms with van der Waals surface area (Å²) in [5.74, 6) is 0.585. The van der Waals surface area contributed by atoms with Crippen LogP contribution >= 0.6 is 0 Å². The summed E-state index contributed by atoms with van der Waals surface area (Å²) in [6.45, 7) is 5.62. The van der Waals surface area contributed by atoms with Crippen molar-refractivity contribution in [1.29, 1.82) is 0 Å². The lowest BCUT2D eigenvalue weighted by Gasteiger charge is -2.31. The van der Waals surface area contributed by atoms with Crippen LogP contribution in [0.3, 0.4) is 0 Å². The Bertz CT molecular complexity index is 485. The number of sulfone groups is 1. The standard InChI is InChI=1S/C14H21NO2S/c1-3-15-10-8-13(9-11-15)12-4-6-14(7-5-12)18(2,16)17/h4-7,13H,3,8-11H2,1-2H3. The van der Waals surface area contributed by atoms with Gasteiger partial charge in [0.1, 0.15) is 0 Å². The lowest BCUT2D eigenvalue weighted by molar-refractivity contribution is 0.222. The number of hydrogen-bond acceptors (Lipinski definition) is 3. The minimum Gasteiger partial charge on any atom is -0.304 e. The molecule has 1 aromatic carbocycles. The van der Waals surface area contributed by atoms with Crippen LogP contribution in [0.5, 0.6) is 0 Å². The zero-order valence-electron chi connectivity index (χ0n) is 11.1. The molecule has 0 aromatic heterocycles. The monoisotopic (exact) mass is 267 g/mol. The van der Waals surface area contributed by atoms with Crippen LogP contribution in [0.1, 0.15) is 31.2 Å². The average molecular weight is 267 g/mol. The van der Waals surface area contributed by atoms with Crippen LogP contribution in [0.4, 0.5) is 0 Å². The largest absolute Gasteiger partial charge is 0.304 e. The lowest BCUT2D eigenvalue weighted by atomic mass is 9.89. The molecular formula is C14H21NO2S. The van der Waals surface area contributed by atoms with Crippen molar-refractivity contribution in [3.63, 3.8) is 0 Å². The molecule has 0 saturated carbocycles. The second-order valence-electron chi connectivity index (χ2n) is 5.05. The predicted octanol–water partition coefficient (Wildman–Crippen LogP) is 2.29. The number of nitrogens with zero attached hydrogens (tertiary/aromatic N) is 1. The number of likely N-dealkylation sites (tertiary alicyclic amines) is 1. The van der Waals surface area contributed by atoms with Crippen molar-refractivity contribution in [3.05, 3.63) is 29.8 Å². The van der Waals surface area contributed by atoms with Gasteiger partial charge in [-0.25, -0.2) is 8.42 Å². The molecule has 1 aromatic rings. The van der Waals surface area contributed by atoms with E-state index in [-0.39, 0.29) is 0 Å². The second-order valence-corrected chi connectivity index (χ2v) is 7.07. The molecule has 18 heavy (non-hydrogen) atoms. The maximum atomic E-state index is 11.4. The van der Waals surface area contributed by atoms with Gasteiger partial charge in [-0.2, -0.15) is 0 Å². The van der Waals surface area contributed by atoms with E-state index in [0.717, 1.165) is 19.6 Å². The van der Waals surface area contributed by atoms with E-state index in [4.69, 9.17) is 0 Å². The normalized spacial score (nSPS) is 19.0. The zero-order valence-corrected chi connectivity index (χ0v) is 11.9. The van der Waals surface area contributed by atoms with Gasteiger partial charge >= 0.3 is 0 Å². The summed E-state index contributed by atoms with van der Waals surface area (Å²) in [7, 11) is -3.07. The van der Waals surface area contributed by atoms with Gasteiger partial charge < -0.3 is 4.90 Å². The summed E-state index contributed by atoms with van der Waals surface area (Å²) >= 11 is 0. The summed E-state index contributed by atoms with van der Waals surface area (Å²) in [6.07, 6.45) is 3.60. The van der Waals surface area contributed by atoms with E-state index in [1.165, 1.54) is 24.7 Å². The van der Waals surface area contributed by atoms with Crippen LogP contribution in [-0.4, -0.2) is 39.2 Å². The number of piperidine rings is 1. The third-order valence-corrected chi connectivity index (χ3v) is 4.94. The van der Waals surface area contributed by atoms with Gasteiger partial charge in [-0.1, -0.05) is 19.1 Å². The fraction of sp³-hybridized carbons (Fsp3) is 0.571. The lowest BCUT2D eigenvalue weighted by Crippen LogP contribution is -2.32. The molecule has 0 N–H and O–H groups in total. The molecular weight excluding hydrogens is 246 g/mol. The number of rotatable bonds is 3. The first-order chi connectivity index (χ1) is 8.50. The van der Waals surface area contributed by atoms with Crippen molar-refractivity contribution >= 4 is 9.84 Å². The van der Waals surface area contributed by atoms with Crippen molar-refractivity contribution in [2.24, 2.45) is 0 Å². The van der Waals surface area contributed by atoms with Gasteiger partial charge in [-0.15, -0.1) is 0 Å². The molecule has 1 aliphatic heterocycles. The highest BCUT2D eigenvalue weighted by molar-refractivity contribution is 7.90. The van der Waals surface area contributed by atoms with Crippen molar-refractivity contribution in [3.8, 4) is 0 Å². The van der Waals surface area contributed by atoms with E-state index in [1.54, 1.807) is 12.1 Å². The first kappa shape index (κ1) is 13.6. The molecule has 1 saturated heterocycles. The van der Waals surface area contributed by atoms with Crippen molar-refractivity contribution < 1.29 is 8.42 Å². The Hall–Kier alpha value is -0.870. The van der Waals surface area contributed by atoms with Crippen LogP contribution in [0.15, 0.2) is 29.2 Å². The topological polar surface area (TPSA) is 37.4 Å². The van der Waals surface area contributed by atoms with Gasteiger partial charge in [0.25, 0.3) is 0 Å². The Morgan fingerprint density at radius 2 is 1.72 bits per heavy atom. The van der Waals surface area contributed by atoms with Crippen molar-refractivity contribution in [1.82, 2.24) is 4.90 Å².